The van der Waals surface area contributed by atoms with E-state index >= 15 is 0 Å². The summed E-state index contributed by atoms with van der Waals surface area (Å²) in [4.78, 5) is 12.3. The van der Waals surface area contributed by atoms with Gasteiger partial charge in [0.15, 0.2) is 14.1 Å². The average molecular weight is 308 g/mol. The van der Waals surface area contributed by atoms with Crippen LogP contribution < -0.4 is 0 Å². The van der Waals surface area contributed by atoms with E-state index in [9.17, 15) is 9.90 Å². The fourth-order valence-corrected chi connectivity index (χ4v) is 3.20. The van der Waals surface area contributed by atoms with Crippen molar-refractivity contribution in [2.24, 2.45) is 0 Å². The van der Waals surface area contributed by atoms with Crippen molar-refractivity contribution in [2.45, 2.75) is 64.5 Å². The third kappa shape index (κ3) is 5.06. The normalized spacial score (nSPS) is 15.6. The Labute approximate surface area is 129 Å². The molecule has 1 aromatic carbocycles. The molecule has 4 heteroatoms. The second kappa shape index (κ2) is 6.86. The highest BCUT2D eigenvalue weighted by atomic mass is 28.4. The van der Waals surface area contributed by atoms with Crippen LogP contribution in [0.2, 0.25) is 18.1 Å². The van der Waals surface area contributed by atoms with Gasteiger partial charge >= 0.3 is 0 Å². The van der Waals surface area contributed by atoms with Crippen molar-refractivity contribution in [3.63, 3.8) is 0 Å². The monoisotopic (exact) mass is 308 g/mol. The Balaban J connectivity index is 2.64. The van der Waals surface area contributed by atoms with Crippen LogP contribution in [-0.4, -0.2) is 25.3 Å². The summed E-state index contributed by atoms with van der Waals surface area (Å²) >= 11 is 0. The van der Waals surface area contributed by atoms with Crippen molar-refractivity contribution in [3.05, 3.63) is 35.9 Å². The van der Waals surface area contributed by atoms with Crippen LogP contribution in [0.5, 0.6) is 0 Å². The highest BCUT2D eigenvalue weighted by Gasteiger charge is 2.39. The van der Waals surface area contributed by atoms with E-state index in [1.807, 2.05) is 30.3 Å². The summed E-state index contributed by atoms with van der Waals surface area (Å²) in [6, 6.07) is 9.27. The lowest BCUT2D eigenvalue weighted by molar-refractivity contribution is -0.127. The molecular formula is C17H28O3Si. The molecule has 0 fully saturated rings. The summed E-state index contributed by atoms with van der Waals surface area (Å²) in [6.07, 6.45) is -1.13. The Hall–Kier alpha value is -0.973. The molecule has 0 heterocycles. The number of hydrogen-bond acceptors (Lipinski definition) is 3. The fourth-order valence-electron chi connectivity index (χ4n) is 1.83. The van der Waals surface area contributed by atoms with Crippen LogP contribution >= 0.6 is 0 Å². The zero-order valence-corrected chi connectivity index (χ0v) is 15.0. The van der Waals surface area contributed by atoms with E-state index in [1.165, 1.54) is 0 Å². The number of aliphatic hydroxyl groups is 1. The van der Waals surface area contributed by atoms with Crippen LogP contribution in [0, 0.1) is 0 Å². The quantitative estimate of drug-likeness (QED) is 0.805. The molecule has 21 heavy (non-hydrogen) atoms. The fraction of sp³-hybridized carbons (Fsp3) is 0.588. The van der Waals surface area contributed by atoms with Gasteiger partial charge in [-0.3, -0.25) is 4.79 Å². The summed E-state index contributed by atoms with van der Waals surface area (Å²) in [6.45, 7) is 12.5. The smallest absolute Gasteiger partial charge is 0.193 e. The number of aliphatic hydroxyl groups excluding tert-OH is 1. The Bertz CT molecular complexity index is 463. The van der Waals surface area contributed by atoms with Gasteiger partial charge < -0.3 is 9.53 Å². The molecule has 1 rings (SSSR count). The summed E-state index contributed by atoms with van der Waals surface area (Å²) < 4.78 is 6.08. The van der Waals surface area contributed by atoms with Gasteiger partial charge in [0.05, 0.1) is 6.10 Å². The van der Waals surface area contributed by atoms with Crippen molar-refractivity contribution in [1.29, 1.82) is 0 Å². The number of hydrogen-bond donors (Lipinski definition) is 1. The second-order valence-corrected chi connectivity index (χ2v) is 11.9. The summed E-state index contributed by atoms with van der Waals surface area (Å²) in [5.74, 6) is -0.0452. The summed E-state index contributed by atoms with van der Waals surface area (Å²) in [7, 11) is -1.96. The summed E-state index contributed by atoms with van der Waals surface area (Å²) in [5, 5.41) is 10.2. The van der Waals surface area contributed by atoms with Gasteiger partial charge in [0, 0.05) is 6.42 Å². The molecule has 1 N–H and O–H groups in total. The molecule has 0 aliphatic heterocycles. The van der Waals surface area contributed by atoms with Gasteiger partial charge in [0.2, 0.25) is 0 Å². The van der Waals surface area contributed by atoms with E-state index in [0.29, 0.717) is 0 Å². The maximum absolute atomic E-state index is 12.3. The Morgan fingerprint density at radius 3 is 2.24 bits per heavy atom. The van der Waals surface area contributed by atoms with E-state index in [1.54, 1.807) is 6.92 Å². The molecule has 118 valence electrons. The van der Waals surface area contributed by atoms with Crippen LogP contribution in [0.1, 0.15) is 45.8 Å². The number of benzene rings is 1. The van der Waals surface area contributed by atoms with Crippen LogP contribution in [0.4, 0.5) is 0 Å². The highest BCUT2D eigenvalue weighted by molar-refractivity contribution is 6.74. The molecular weight excluding hydrogens is 280 g/mol. The van der Waals surface area contributed by atoms with Crippen molar-refractivity contribution >= 4 is 14.1 Å². The van der Waals surface area contributed by atoms with Crippen LogP contribution in [0.25, 0.3) is 0 Å². The molecule has 0 spiro atoms. The maximum Gasteiger partial charge on any atom is 0.193 e. The molecule has 0 unspecified atom stereocenters. The highest BCUT2D eigenvalue weighted by Crippen LogP contribution is 2.37. The van der Waals surface area contributed by atoms with E-state index in [-0.39, 0.29) is 17.2 Å². The predicted octanol–water partition coefficient (Wildman–Crippen LogP) is 4.09. The van der Waals surface area contributed by atoms with E-state index in [2.05, 4.69) is 33.9 Å². The van der Waals surface area contributed by atoms with Crippen molar-refractivity contribution in [1.82, 2.24) is 0 Å². The molecule has 2 atom stereocenters. The first-order valence-corrected chi connectivity index (χ1v) is 10.4. The molecule has 0 aliphatic rings. The Morgan fingerprint density at radius 1 is 1.24 bits per heavy atom. The minimum atomic E-state index is -1.96. The number of carbonyl (C=O) groups excluding carboxylic acids is 1. The standard InChI is InChI=1S/C17H28O3Si/c1-13(20-21(5,6)17(2,3)4)15(18)12-16(19)14-10-8-7-9-11-14/h7-11,13,16,19H,12H2,1-6H3/t13-,16+/m0/s1. The van der Waals surface area contributed by atoms with Crippen LogP contribution in [0.15, 0.2) is 30.3 Å². The average Bonchev–Trinajstić information content (AvgIpc) is 2.37. The van der Waals surface area contributed by atoms with E-state index in [4.69, 9.17) is 4.43 Å². The zero-order valence-electron chi connectivity index (χ0n) is 14.0. The molecule has 1 aromatic rings. The zero-order chi connectivity index (χ0) is 16.3. The summed E-state index contributed by atoms with van der Waals surface area (Å²) in [5.41, 5.74) is 0.769. The molecule has 0 radical (unpaired) electrons. The maximum atomic E-state index is 12.3. The van der Waals surface area contributed by atoms with Crippen molar-refractivity contribution < 1.29 is 14.3 Å². The van der Waals surface area contributed by atoms with Gasteiger partial charge in [-0.05, 0) is 30.6 Å². The molecule has 0 bridgehead atoms. The van der Waals surface area contributed by atoms with Gasteiger partial charge in [-0.25, -0.2) is 0 Å². The van der Waals surface area contributed by atoms with Gasteiger partial charge in [0.1, 0.15) is 6.10 Å². The van der Waals surface area contributed by atoms with E-state index in [0.717, 1.165) is 5.56 Å². The van der Waals surface area contributed by atoms with Crippen LogP contribution in [-0.2, 0) is 9.22 Å². The minimum Gasteiger partial charge on any atom is -0.407 e. The largest absolute Gasteiger partial charge is 0.407 e. The topological polar surface area (TPSA) is 46.5 Å². The Morgan fingerprint density at radius 2 is 1.76 bits per heavy atom. The molecule has 0 saturated carbocycles. The van der Waals surface area contributed by atoms with E-state index < -0.39 is 20.5 Å². The van der Waals surface area contributed by atoms with Gasteiger partial charge in [-0.15, -0.1) is 0 Å². The predicted molar refractivity (Wildman–Crippen MR) is 88.8 cm³/mol. The molecule has 0 aromatic heterocycles. The number of rotatable bonds is 6. The van der Waals surface area contributed by atoms with Gasteiger partial charge in [-0.2, -0.15) is 0 Å². The first-order chi connectivity index (χ1) is 9.54. The lowest BCUT2D eigenvalue weighted by Crippen LogP contribution is -2.45. The van der Waals surface area contributed by atoms with Gasteiger partial charge in [0.25, 0.3) is 0 Å². The minimum absolute atomic E-state index is 0.0452. The number of carbonyl (C=O) groups is 1. The SMILES string of the molecule is C[C@H](O[Si](C)(C)C(C)(C)C)C(=O)C[C@@H](O)c1ccccc1. The first kappa shape index (κ1) is 18.1. The third-order valence-electron chi connectivity index (χ3n) is 4.31. The number of Topliss-reactive ketones (excluding diaryl/α,β-unsaturated/α-hetero) is 1. The number of ketones is 1. The third-order valence-corrected chi connectivity index (χ3v) is 8.87. The first-order valence-electron chi connectivity index (χ1n) is 7.48. The second-order valence-electron chi connectivity index (χ2n) is 7.12. The lowest BCUT2D eigenvalue weighted by Gasteiger charge is -2.38. The van der Waals surface area contributed by atoms with Crippen molar-refractivity contribution in [2.75, 3.05) is 0 Å². The van der Waals surface area contributed by atoms with Crippen LogP contribution in [0.3, 0.4) is 0 Å². The molecule has 3 nitrogen and oxygen atoms in total. The van der Waals surface area contributed by atoms with Crippen molar-refractivity contribution in [3.8, 4) is 0 Å². The molecule has 0 amide bonds. The molecule has 0 aliphatic carbocycles. The lowest BCUT2D eigenvalue weighted by atomic mass is 10.0. The van der Waals surface area contributed by atoms with Gasteiger partial charge in [-0.1, -0.05) is 51.1 Å². The Kier molecular flexibility index (Phi) is 5.90. The molecule has 0 saturated heterocycles.